The molecule has 1 saturated heterocycles. The number of unbranched alkanes of at least 4 members (excludes halogenated alkanes) is 1. The number of guanidine groups is 1. The minimum absolute atomic E-state index is 0.174. The maximum atomic E-state index is 12.4. The molecule has 0 radical (unpaired) electrons. The molecule has 0 unspecified atom stereocenters. The van der Waals surface area contributed by atoms with Crippen LogP contribution in [0.3, 0.4) is 0 Å². The Labute approximate surface area is 165 Å². The molecule has 0 bridgehead atoms. The highest BCUT2D eigenvalue weighted by Gasteiger charge is 2.34. The number of benzene rings is 1. The molecule has 27 heavy (non-hydrogen) atoms. The van der Waals surface area contributed by atoms with Gasteiger partial charge in [-0.1, -0.05) is 12.1 Å². The fraction of sp³-hybridized carbons (Fsp3) is 0.550. The fourth-order valence-corrected chi connectivity index (χ4v) is 4.68. The molecule has 1 aromatic carbocycles. The lowest BCUT2D eigenvalue weighted by molar-refractivity contribution is 0.0652. The molecule has 2 aliphatic heterocycles. The molecular formula is C20H28N4O2S. The molecule has 2 amide bonds. The first-order valence-corrected chi connectivity index (χ1v) is 10.5. The van der Waals surface area contributed by atoms with Gasteiger partial charge in [-0.3, -0.25) is 19.5 Å². The van der Waals surface area contributed by atoms with E-state index in [-0.39, 0.29) is 16.6 Å². The first-order valence-electron chi connectivity index (χ1n) is 9.48. The average Bonchev–Trinajstić information content (AvgIpc) is 2.89. The lowest BCUT2D eigenvalue weighted by atomic mass is 10.1. The zero-order valence-electron chi connectivity index (χ0n) is 16.3. The van der Waals surface area contributed by atoms with Gasteiger partial charge in [0.2, 0.25) is 0 Å². The molecule has 3 rings (SSSR count). The van der Waals surface area contributed by atoms with E-state index < -0.39 is 0 Å². The maximum absolute atomic E-state index is 12.4. The molecule has 1 N–H and O–H groups in total. The molecule has 6 nitrogen and oxygen atoms in total. The van der Waals surface area contributed by atoms with Crippen LogP contribution in [0.5, 0.6) is 0 Å². The second-order valence-corrected chi connectivity index (χ2v) is 9.32. The molecule has 1 fully saturated rings. The third kappa shape index (κ3) is 4.46. The molecule has 0 atom stereocenters. The van der Waals surface area contributed by atoms with E-state index in [9.17, 15) is 9.59 Å². The van der Waals surface area contributed by atoms with Gasteiger partial charge in [-0.25, -0.2) is 0 Å². The number of carbonyl (C=O) groups is 2. The van der Waals surface area contributed by atoms with E-state index in [1.54, 1.807) is 24.3 Å². The van der Waals surface area contributed by atoms with Crippen LogP contribution in [0.1, 0.15) is 47.4 Å². The normalized spacial score (nSPS) is 19.4. The highest BCUT2D eigenvalue weighted by molar-refractivity contribution is 8.00. The Hall–Kier alpha value is -2.02. The summed E-state index contributed by atoms with van der Waals surface area (Å²) < 4.78 is 0.237. The number of thioether (sulfide) groups is 1. The molecule has 0 aromatic heterocycles. The number of imide groups is 1. The monoisotopic (exact) mass is 388 g/mol. The van der Waals surface area contributed by atoms with Gasteiger partial charge in [-0.05, 0) is 38.8 Å². The fourth-order valence-electron chi connectivity index (χ4n) is 3.57. The smallest absolute Gasteiger partial charge is 0.261 e. The van der Waals surface area contributed by atoms with Crippen LogP contribution < -0.4 is 5.32 Å². The van der Waals surface area contributed by atoms with Gasteiger partial charge in [0, 0.05) is 43.7 Å². The van der Waals surface area contributed by atoms with Crippen molar-refractivity contribution in [3.63, 3.8) is 0 Å². The number of hydrogen-bond acceptors (Lipinski definition) is 4. The lowest BCUT2D eigenvalue weighted by Crippen LogP contribution is -2.51. The first-order chi connectivity index (χ1) is 12.9. The van der Waals surface area contributed by atoms with E-state index in [1.807, 2.05) is 18.8 Å². The van der Waals surface area contributed by atoms with Crippen LogP contribution in [0.4, 0.5) is 0 Å². The number of hydrogen-bond donors (Lipinski definition) is 1. The summed E-state index contributed by atoms with van der Waals surface area (Å²) in [7, 11) is 1.82. The number of nitrogens with zero attached hydrogens (tertiary/aromatic N) is 3. The number of carbonyl (C=O) groups excluding carboxylic acids is 2. The van der Waals surface area contributed by atoms with Crippen LogP contribution >= 0.6 is 11.8 Å². The second-order valence-electron chi connectivity index (χ2n) is 7.52. The van der Waals surface area contributed by atoms with Crippen molar-refractivity contribution in [1.29, 1.82) is 0 Å². The Kier molecular flexibility index (Phi) is 6.09. The third-order valence-electron chi connectivity index (χ3n) is 4.91. The van der Waals surface area contributed by atoms with Crippen LogP contribution in [0.15, 0.2) is 29.3 Å². The van der Waals surface area contributed by atoms with Gasteiger partial charge >= 0.3 is 0 Å². The van der Waals surface area contributed by atoms with Gasteiger partial charge in [0.25, 0.3) is 11.8 Å². The van der Waals surface area contributed by atoms with Crippen molar-refractivity contribution >= 4 is 29.5 Å². The number of fused-ring (bicyclic) bond motifs is 1. The van der Waals surface area contributed by atoms with E-state index in [0.29, 0.717) is 17.7 Å². The second kappa shape index (κ2) is 8.33. The molecular weight excluding hydrogens is 360 g/mol. The van der Waals surface area contributed by atoms with Gasteiger partial charge in [0.15, 0.2) is 5.96 Å². The molecule has 0 aliphatic carbocycles. The summed E-state index contributed by atoms with van der Waals surface area (Å²) in [6, 6.07) is 7.03. The molecule has 146 valence electrons. The highest BCUT2D eigenvalue weighted by Crippen LogP contribution is 2.29. The van der Waals surface area contributed by atoms with Crippen molar-refractivity contribution in [3.8, 4) is 0 Å². The van der Waals surface area contributed by atoms with Crippen LogP contribution in [0.2, 0.25) is 0 Å². The number of amides is 2. The molecule has 2 aliphatic rings. The van der Waals surface area contributed by atoms with Gasteiger partial charge in [-0.15, -0.1) is 0 Å². The van der Waals surface area contributed by atoms with Crippen molar-refractivity contribution in [2.24, 2.45) is 4.99 Å². The number of aliphatic imine (C=N–C) groups is 1. The van der Waals surface area contributed by atoms with Crippen molar-refractivity contribution in [1.82, 2.24) is 15.1 Å². The average molecular weight is 389 g/mol. The quantitative estimate of drug-likeness (QED) is 0.363. The Morgan fingerprint density at radius 1 is 1.19 bits per heavy atom. The van der Waals surface area contributed by atoms with Gasteiger partial charge in [0.1, 0.15) is 0 Å². The summed E-state index contributed by atoms with van der Waals surface area (Å²) in [5.74, 6) is 1.69. The van der Waals surface area contributed by atoms with Gasteiger partial charge in [0.05, 0.1) is 11.1 Å². The summed E-state index contributed by atoms with van der Waals surface area (Å²) in [6.07, 6.45) is 1.65. The lowest BCUT2D eigenvalue weighted by Gasteiger charge is -2.39. The third-order valence-corrected chi connectivity index (χ3v) is 6.20. The number of nitrogens with one attached hydrogen (secondary N) is 1. The maximum Gasteiger partial charge on any atom is 0.261 e. The summed E-state index contributed by atoms with van der Waals surface area (Å²) in [5, 5.41) is 3.42. The van der Waals surface area contributed by atoms with Crippen molar-refractivity contribution in [3.05, 3.63) is 35.4 Å². The first kappa shape index (κ1) is 19.7. The van der Waals surface area contributed by atoms with Crippen molar-refractivity contribution < 1.29 is 9.59 Å². The van der Waals surface area contributed by atoms with Gasteiger partial charge in [-0.2, -0.15) is 11.8 Å². The zero-order valence-corrected chi connectivity index (χ0v) is 17.1. The Morgan fingerprint density at radius 2 is 1.85 bits per heavy atom. The Balaban J connectivity index is 1.43. The zero-order chi connectivity index (χ0) is 19.4. The summed E-state index contributed by atoms with van der Waals surface area (Å²) in [6.45, 7) is 7.74. The molecule has 2 heterocycles. The van der Waals surface area contributed by atoms with E-state index in [0.717, 1.165) is 44.2 Å². The highest BCUT2D eigenvalue weighted by atomic mass is 32.2. The molecule has 0 spiro atoms. The molecule has 0 saturated carbocycles. The molecule has 1 aromatic rings. The van der Waals surface area contributed by atoms with Crippen LogP contribution in [0, 0.1) is 0 Å². The van der Waals surface area contributed by atoms with Gasteiger partial charge < -0.3 is 10.2 Å². The Bertz CT molecular complexity index is 712. The van der Waals surface area contributed by atoms with E-state index in [4.69, 9.17) is 0 Å². The summed E-state index contributed by atoms with van der Waals surface area (Å²) in [4.78, 5) is 32.8. The summed E-state index contributed by atoms with van der Waals surface area (Å²) >= 11 is 2.00. The summed E-state index contributed by atoms with van der Waals surface area (Å²) in [5.41, 5.74) is 1.04. The molecule has 7 heteroatoms. The number of rotatable bonds is 5. The van der Waals surface area contributed by atoms with E-state index in [1.165, 1.54) is 4.90 Å². The topological polar surface area (TPSA) is 65.0 Å². The largest absolute Gasteiger partial charge is 0.356 e. The van der Waals surface area contributed by atoms with Crippen LogP contribution in [0.25, 0.3) is 0 Å². The van der Waals surface area contributed by atoms with Crippen LogP contribution in [-0.2, 0) is 0 Å². The standard InChI is InChI=1S/C20H28N4O2S/c1-20(2)14-23(12-13-27-20)19(21-3)22-10-6-7-11-24-17(25)15-8-4-5-9-16(15)18(24)26/h4-5,8-9H,6-7,10-14H2,1-3H3,(H,21,22). The van der Waals surface area contributed by atoms with E-state index >= 15 is 0 Å². The minimum Gasteiger partial charge on any atom is -0.356 e. The predicted octanol–water partition coefficient (Wildman–Crippen LogP) is 2.47. The van der Waals surface area contributed by atoms with Crippen molar-refractivity contribution in [2.75, 3.05) is 39.0 Å². The Morgan fingerprint density at radius 3 is 2.44 bits per heavy atom. The SMILES string of the molecule is CN=C(NCCCCN1C(=O)c2ccccc2C1=O)N1CCSC(C)(C)C1. The van der Waals surface area contributed by atoms with E-state index in [2.05, 4.69) is 29.1 Å². The predicted molar refractivity (Wildman–Crippen MR) is 111 cm³/mol. The minimum atomic E-state index is -0.174. The van der Waals surface area contributed by atoms with Crippen molar-refractivity contribution in [2.45, 2.75) is 31.4 Å². The van der Waals surface area contributed by atoms with Crippen LogP contribution in [-0.4, -0.2) is 71.3 Å².